The van der Waals surface area contributed by atoms with Crippen LogP contribution in [0.1, 0.15) is 58.8 Å². The Balaban J connectivity index is 1.19. The van der Waals surface area contributed by atoms with Crippen molar-refractivity contribution in [2.24, 2.45) is 16.4 Å². The first-order chi connectivity index (χ1) is 14.1. The van der Waals surface area contributed by atoms with Crippen LogP contribution in [-0.2, 0) is 4.74 Å². The van der Waals surface area contributed by atoms with Crippen LogP contribution in [0.2, 0.25) is 0 Å². The first-order valence-electron chi connectivity index (χ1n) is 11.9. The number of aliphatic hydroxyl groups excluding tert-OH is 1. The Morgan fingerprint density at radius 3 is 2.72 bits per heavy atom. The van der Waals surface area contributed by atoms with Gasteiger partial charge in [-0.1, -0.05) is 0 Å². The highest BCUT2D eigenvalue weighted by Crippen LogP contribution is 2.50. The fraction of sp³-hybridized carbons (Fsp3) is 0.955. The van der Waals surface area contributed by atoms with Gasteiger partial charge in [-0.15, -0.1) is 0 Å². The van der Waals surface area contributed by atoms with E-state index in [9.17, 15) is 5.11 Å². The molecule has 3 heterocycles. The molecule has 0 aromatic rings. The second-order valence-electron chi connectivity index (χ2n) is 9.86. The van der Waals surface area contributed by atoms with Crippen LogP contribution in [0.25, 0.3) is 0 Å². The Bertz CT molecular complexity index is 543. The second-order valence-corrected chi connectivity index (χ2v) is 9.86. The first-order valence-corrected chi connectivity index (χ1v) is 11.9. The van der Waals surface area contributed by atoms with Crippen molar-refractivity contribution in [1.29, 1.82) is 0 Å². The van der Waals surface area contributed by atoms with Crippen molar-refractivity contribution in [3.05, 3.63) is 0 Å². The van der Waals surface area contributed by atoms with Gasteiger partial charge in [0, 0.05) is 38.3 Å². The maximum atomic E-state index is 9.32. The first kappa shape index (κ1) is 21.3. The number of nitrogens with zero attached hydrogens (tertiary/aromatic N) is 4. The van der Waals surface area contributed by atoms with Gasteiger partial charge in [0.2, 0.25) is 0 Å². The molecular formula is C22H41N5O2. The van der Waals surface area contributed by atoms with Crippen LogP contribution < -0.4 is 5.43 Å². The highest BCUT2D eigenvalue weighted by molar-refractivity contribution is 5.55. The third-order valence-corrected chi connectivity index (χ3v) is 7.78. The quantitative estimate of drug-likeness (QED) is 0.277. The van der Waals surface area contributed by atoms with Gasteiger partial charge >= 0.3 is 0 Å². The van der Waals surface area contributed by atoms with E-state index in [1.54, 1.807) is 6.92 Å². The van der Waals surface area contributed by atoms with Crippen LogP contribution in [0.15, 0.2) is 5.10 Å². The lowest BCUT2D eigenvalue weighted by Gasteiger charge is -2.52. The molecule has 4 rings (SSSR count). The van der Waals surface area contributed by atoms with Crippen molar-refractivity contribution in [2.75, 3.05) is 46.1 Å². The largest absolute Gasteiger partial charge is 0.373 e. The van der Waals surface area contributed by atoms with Gasteiger partial charge in [0.25, 0.3) is 0 Å². The highest BCUT2D eigenvalue weighted by Gasteiger charge is 2.50. The fourth-order valence-electron chi connectivity index (χ4n) is 6.24. The minimum Gasteiger partial charge on any atom is -0.373 e. The van der Waals surface area contributed by atoms with Crippen molar-refractivity contribution in [2.45, 2.75) is 77.1 Å². The monoisotopic (exact) mass is 407 g/mol. The summed E-state index contributed by atoms with van der Waals surface area (Å²) in [5.74, 6) is 0.786. The van der Waals surface area contributed by atoms with Crippen LogP contribution in [0.5, 0.6) is 0 Å². The molecule has 0 aromatic heterocycles. The highest BCUT2D eigenvalue weighted by atomic mass is 16.5. The molecule has 166 valence electrons. The molecule has 1 spiro atoms. The molecule has 7 nitrogen and oxygen atoms in total. The molecule has 0 amide bonds. The van der Waals surface area contributed by atoms with Crippen LogP contribution >= 0.6 is 0 Å². The molecule has 29 heavy (non-hydrogen) atoms. The van der Waals surface area contributed by atoms with Crippen LogP contribution in [0.4, 0.5) is 0 Å². The van der Waals surface area contributed by atoms with Crippen molar-refractivity contribution < 1.29 is 9.84 Å². The van der Waals surface area contributed by atoms with Crippen LogP contribution in [0.3, 0.4) is 0 Å². The Morgan fingerprint density at radius 2 is 2.00 bits per heavy atom. The summed E-state index contributed by atoms with van der Waals surface area (Å²) in [7, 11) is 0. The van der Waals surface area contributed by atoms with Gasteiger partial charge in [-0.2, -0.15) is 5.10 Å². The molecule has 1 aliphatic carbocycles. The molecule has 4 aliphatic rings. The van der Waals surface area contributed by atoms with Crippen molar-refractivity contribution in [3.63, 3.8) is 0 Å². The molecular weight excluding hydrogens is 366 g/mol. The lowest BCUT2D eigenvalue weighted by atomic mass is 9.64. The Kier molecular flexibility index (Phi) is 6.99. The normalized spacial score (nSPS) is 35.6. The molecule has 3 aliphatic heterocycles. The van der Waals surface area contributed by atoms with Gasteiger partial charge in [-0.25, -0.2) is 0 Å². The minimum atomic E-state index is -0.590. The third kappa shape index (κ3) is 5.06. The van der Waals surface area contributed by atoms with Crippen molar-refractivity contribution in [3.8, 4) is 0 Å². The Hall–Kier alpha value is -0.890. The summed E-state index contributed by atoms with van der Waals surface area (Å²) in [6.07, 6.45) is 10.7. The van der Waals surface area contributed by atoms with E-state index in [0.717, 1.165) is 31.8 Å². The van der Waals surface area contributed by atoms with E-state index in [4.69, 9.17) is 4.74 Å². The molecule has 3 saturated heterocycles. The molecule has 0 bridgehead atoms. The SMILES string of the molecule is CCOCN1CCC2(CC(N3CCC(C4CCCN4/C=N\NC(C)O)CC3)C2)C1. The van der Waals surface area contributed by atoms with E-state index in [0.29, 0.717) is 11.5 Å². The summed E-state index contributed by atoms with van der Waals surface area (Å²) in [4.78, 5) is 7.70. The average Bonchev–Trinajstić information content (AvgIpc) is 3.32. The molecule has 0 radical (unpaired) electrons. The number of likely N-dealkylation sites (tertiary alicyclic amines) is 3. The zero-order valence-corrected chi connectivity index (χ0v) is 18.4. The van der Waals surface area contributed by atoms with Crippen LogP contribution in [0, 0.1) is 11.3 Å². The Morgan fingerprint density at radius 1 is 1.21 bits per heavy atom. The number of piperidine rings is 1. The maximum absolute atomic E-state index is 9.32. The molecule has 2 unspecified atom stereocenters. The van der Waals surface area contributed by atoms with Gasteiger partial charge in [-0.3, -0.25) is 10.3 Å². The number of rotatable bonds is 8. The predicted octanol–water partition coefficient (Wildman–Crippen LogP) is 1.88. The molecule has 2 atom stereocenters. The molecule has 7 heteroatoms. The topological polar surface area (TPSA) is 63.6 Å². The van der Waals surface area contributed by atoms with Crippen molar-refractivity contribution in [1.82, 2.24) is 20.1 Å². The number of aliphatic hydroxyl groups is 1. The van der Waals surface area contributed by atoms with Gasteiger partial charge in [0.05, 0.1) is 6.73 Å². The van der Waals surface area contributed by atoms with Gasteiger partial charge < -0.3 is 19.6 Å². The summed E-state index contributed by atoms with van der Waals surface area (Å²) < 4.78 is 5.61. The zero-order valence-electron chi connectivity index (χ0n) is 18.4. The van der Waals surface area contributed by atoms with E-state index >= 15 is 0 Å². The Labute approximate surface area is 176 Å². The molecule has 2 N–H and O–H groups in total. The smallest absolute Gasteiger partial charge is 0.137 e. The zero-order chi connectivity index (χ0) is 20.3. The number of nitrogens with one attached hydrogen (secondary N) is 1. The van der Waals surface area contributed by atoms with Gasteiger partial charge in [0.1, 0.15) is 12.6 Å². The molecule has 0 aromatic carbocycles. The lowest BCUT2D eigenvalue weighted by molar-refractivity contribution is -0.0234. The second kappa shape index (κ2) is 9.50. The summed E-state index contributed by atoms with van der Waals surface area (Å²) in [6, 6.07) is 1.45. The summed E-state index contributed by atoms with van der Waals surface area (Å²) in [6.45, 7) is 11.5. The number of hydrogen-bond acceptors (Lipinski definition) is 6. The number of ether oxygens (including phenoxy) is 1. The van der Waals surface area contributed by atoms with E-state index in [1.165, 1.54) is 71.1 Å². The minimum absolute atomic E-state index is 0.590. The van der Waals surface area contributed by atoms with Crippen LogP contribution in [-0.4, -0.2) is 90.5 Å². The van der Waals surface area contributed by atoms with Crippen molar-refractivity contribution >= 4 is 6.34 Å². The molecule has 4 fully saturated rings. The van der Waals surface area contributed by atoms with Gasteiger partial charge in [-0.05, 0) is 83.2 Å². The number of hydrazone groups is 1. The molecule has 1 saturated carbocycles. The number of hydrogen-bond donors (Lipinski definition) is 2. The average molecular weight is 408 g/mol. The fourth-order valence-corrected chi connectivity index (χ4v) is 6.24. The predicted molar refractivity (Wildman–Crippen MR) is 115 cm³/mol. The lowest BCUT2D eigenvalue weighted by Crippen LogP contribution is -2.55. The summed E-state index contributed by atoms with van der Waals surface area (Å²) in [5.41, 5.74) is 3.33. The van der Waals surface area contributed by atoms with E-state index in [1.807, 2.05) is 6.34 Å². The third-order valence-electron chi connectivity index (χ3n) is 7.78. The summed E-state index contributed by atoms with van der Waals surface area (Å²) in [5, 5.41) is 13.5. The van der Waals surface area contributed by atoms with E-state index in [2.05, 4.69) is 32.2 Å². The standard InChI is InChI=1S/C22H41N5O2/c1-3-29-17-25-12-8-22(15-25)13-20(14-22)26-10-6-19(7-11-26)21-5-4-9-27(21)16-23-24-18(2)28/h16,18-21,24,28H,3-15,17H2,1-2H3/b23-16-. The maximum Gasteiger partial charge on any atom is 0.137 e. The van der Waals surface area contributed by atoms with E-state index in [-0.39, 0.29) is 0 Å². The summed E-state index contributed by atoms with van der Waals surface area (Å²) >= 11 is 0. The van der Waals surface area contributed by atoms with Gasteiger partial charge in [0.15, 0.2) is 0 Å². The van der Waals surface area contributed by atoms with E-state index < -0.39 is 6.23 Å².